The van der Waals surface area contributed by atoms with Crippen molar-refractivity contribution in [1.29, 1.82) is 21.0 Å². The highest BCUT2D eigenvalue weighted by Crippen LogP contribution is 2.20. The van der Waals surface area contributed by atoms with Gasteiger partial charge in [0, 0.05) is 24.7 Å². The second-order valence-corrected chi connectivity index (χ2v) is 3.63. The molecule has 0 N–H and O–H groups in total. The molecule has 0 saturated carbocycles. The summed E-state index contributed by atoms with van der Waals surface area (Å²) in [4.78, 5) is 0. The summed E-state index contributed by atoms with van der Waals surface area (Å²) >= 11 is 0. The zero-order valence-corrected chi connectivity index (χ0v) is 9.19. The lowest BCUT2D eigenvalue weighted by molar-refractivity contribution is 0.448. The molecule has 0 rings (SSSR count). The van der Waals surface area contributed by atoms with Crippen molar-refractivity contribution in [3.05, 3.63) is 0 Å². The Morgan fingerprint density at radius 2 is 1.31 bits per heavy atom. The number of rotatable bonds is 7. The van der Waals surface area contributed by atoms with Crippen molar-refractivity contribution in [1.82, 2.24) is 0 Å². The van der Waals surface area contributed by atoms with Gasteiger partial charge in [0.25, 0.3) is 0 Å². The van der Waals surface area contributed by atoms with Crippen molar-refractivity contribution in [2.24, 2.45) is 11.8 Å². The van der Waals surface area contributed by atoms with Crippen LogP contribution in [0, 0.1) is 57.2 Å². The van der Waals surface area contributed by atoms with E-state index in [1.165, 1.54) is 0 Å². The van der Waals surface area contributed by atoms with Crippen LogP contribution in [0.4, 0.5) is 0 Å². The summed E-state index contributed by atoms with van der Waals surface area (Å²) < 4.78 is 0. The van der Waals surface area contributed by atoms with Gasteiger partial charge >= 0.3 is 0 Å². The van der Waals surface area contributed by atoms with Crippen LogP contribution in [0.25, 0.3) is 0 Å². The fourth-order valence-corrected chi connectivity index (χ4v) is 1.48. The minimum atomic E-state index is -0.216. The van der Waals surface area contributed by atoms with E-state index < -0.39 is 0 Å². The molecule has 16 heavy (non-hydrogen) atoms. The highest BCUT2D eigenvalue weighted by atomic mass is 14.3. The Balaban J connectivity index is 4.01. The highest BCUT2D eigenvalue weighted by molar-refractivity contribution is 4.93. The van der Waals surface area contributed by atoms with Gasteiger partial charge in [-0.1, -0.05) is 0 Å². The van der Waals surface area contributed by atoms with E-state index in [-0.39, 0.29) is 11.8 Å². The molecule has 0 bridgehead atoms. The van der Waals surface area contributed by atoms with Gasteiger partial charge in [0.2, 0.25) is 0 Å². The van der Waals surface area contributed by atoms with Gasteiger partial charge in [-0.15, -0.1) is 0 Å². The third-order valence-electron chi connectivity index (χ3n) is 2.38. The molecule has 0 heterocycles. The van der Waals surface area contributed by atoms with Crippen LogP contribution in [0.2, 0.25) is 0 Å². The molecule has 0 saturated heterocycles. The second-order valence-electron chi connectivity index (χ2n) is 3.63. The predicted octanol–water partition coefficient (Wildman–Crippen LogP) is 2.65. The monoisotopic (exact) mass is 214 g/mol. The van der Waals surface area contributed by atoms with Gasteiger partial charge in [-0.05, 0) is 25.7 Å². The first kappa shape index (κ1) is 14.0. The quantitative estimate of drug-likeness (QED) is 0.608. The third kappa shape index (κ3) is 6.42. The van der Waals surface area contributed by atoms with E-state index in [4.69, 9.17) is 21.0 Å². The van der Waals surface area contributed by atoms with E-state index >= 15 is 0 Å². The van der Waals surface area contributed by atoms with E-state index in [0.29, 0.717) is 38.5 Å². The summed E-state index contributed by atoms with van der Waals surface area (Å²) in [6.07, 6.45) is 3.21. The van der Waals surface area contributed by atoms with Crippen LogP contribution in [-0.2, 0) is 0 Å². The summed E-state index contributed by atoms with van der Waals surface area (Å²) in [6.45, 7) is 0. The van der Waals surface area contributed by atoms with Crippen LogP contribution in [-0.4, -0.2) is 0 Å². The Morgan fingerprint density at radius 3 is 1.81 bits per heavy atom. The van der Waals surface area contributed by atoms with Crippen molar-refractivity contribution >= 4 is 0 Å². The van der Waals surface area contributed by atoms with Crippen molar-refractivity contribution in [3.63, 3.8) is 0 Å². The molecule has 0 aliphatic rings. The standard InChI is InChI=1S/C12H14N4/c13-6-2-1-4-11(9-15)8-12(10-16)5-3-7-14/h11-12H,1-5,8H2. The van der Waals surface area contributed by atoms with Crippen LogP contribution in [0.1, 0.15) is 38.5 Å². The van der Waals surface area contributed by atoms with Crippen molar-refractivity contribution < 1.29 is 0 Å². The first-order valence-electron chi connectivity index (χ1n) is 5.31. The normalized spacial score (nSPS) is 12.5. The molecule has 0 aromatic heterocycles. The number of hydrogen-bond acceptors (Lipinski definition) is 4. The van der Waals surface area contributed by atoms with E-state index in [9.17, 15) is 0 Å². The molecule has 4 nitrogen and oxygen atoms in total. The van der Waals surface area contributed by atoms with Gasteiger partial charge in [0.15, 0.2) is 0 Å². The number of nitrogens with zero attached hydrogens (tertiary/aromatic N) is 4. The van der Waals surface area contributed by atoms with Crippen molar-refractivity contribution in [2.75, 3.05) is 0 Å². The van der Waals surface area contributed by atoms with Crippen LogP contribution in [0.15, 0.2) is 0 Å². The van der Waals surface area contributed by atoms with Gasteiger partial charge in [-0.25, -0.2) is 0 Å². The smallest absolute Gasteiger partial charge is 0.0656 e. The molecule has 0 spiro atoms. The van der Waals surface area contributed by atoms with E-state index in [1.54, 1.807) is 0 Å². The molecule has 4 heteroatoms. The van der Waals surface area contributed by atoms with Crippen LogP contribution < -0.4 is 0 Å². The molecule has 0 aromatic carbocycles. The van der Waals surface area contributed by atoms with E-state index in [1.807, 2.05) is 12.1 Å². The lowest BCUT2D eigenvalue weighted by atomic mass is 9.90. The fourth-order valence-electron chi connectivity index (χ4n) is 1.48. The summed E-state index contributed by atoms with van der Waals surface area (Å²) in [6, 6.07) is 8.31. The summed E-state index contributed by atoms with van der Waals surface area (Å²) in [5.41, 5.74) is 0. The molecule has 0 aliphatic heterocycles. The SMILES string of the molecule is N#CCCCC(C#N)CC(C#N)CCC#N. The molecular weight excluding hydrogens is 200 g/mol. The van der Waals surface area contributed by atoms with Gasteiger partial charge < -0.3 is 0 Å². The van der Waals surface area contributed by atoms with Crippen LogP contribution in [0.3, 0.4) is 0 Å². The van der Waals surface area contributed by atoms with E-state index in [0.717, 1.165) is 0 Å². The van der Waals surface area contributed by atoms with Crippen molar-refractivity contribution in [2.45, 2.75) is 38.5 Å². The minimum absolute atomic E-state index is 0.170. The third-order valence-corrected chi connectivity index (χ3v) is 2.38. The van der Waals surface area contributed by atoms with Crippen LogP contribution >= 0.6 is 0 Å². The highest BCUT2D eigenvalue weighted by Gasteiger charge is 2.15. The Labute approximate surface area is 96.3 Å². The number of nitriles is 4. The molecule has 2 atom stereocenters. The maximum absolute atomic E-state index is 8.89. The molecule has 0 aromatic rings. The van der Waals surface area contributed by atoms with Gasteiger partial charge in [0.1, 0.15) is 0 Å². The Kier molecular flexibility index (Phi) is 8.30. The minimum Gasteiger partial charge on any atom is -0.198 e. The molecule has 0 radical (unpaired) electrons. The molecule has 0 aliphatic carbocycles. The largest absolute Gasteiger partial charge is 0.198 e. The molecule has 0 fully saturated rings. The fraction of sp³-hybridized carbons (Fsp3) is 0.667. The van der Waals surface area contributed by atoms with E-state index in [2.05, 4.69) is 12.1 Å². The number of hydrogen-bond donors (Lipinski definition) is 0. The maximum atomic E-state index is 8.89. The van der Waals surface area contributed by atoms with Gasteiger partial charge in [0.05, 0.1) is 24.3 Å². The summed E-state index contributed by atoms with van der Waals surface area (Å²) in [7, 11) is 0. The van der Waals surface area contributed by atoms with Gasteiger partial charge in [-0.3, -0.25) is 0 Å². The first-order chi connectivity index (χ1) is 7.78. The van der Waals surface area contributed by atoms with Gasteiger partial charge in [-0.2, -0.15) is 21.0 Å². The summed E-state index contributed by atoms with van der Waals surface area (Å²) in [5.74, 6) is -0.386. The molecule has 82 valence electrons. The average molecular weight is 214 g/mol. The van der Waals surface area contributed by atoms with Crippen LogP contribution in [0.5, 0.6) is 0 Å². The Morgan fingerprint density at radius 1 is 0.750 bits per heavy atom. The summed E-state index contributed by atoms with van der Waals surface area (Å²) in [5, 5.41) is 34.5. The van der Waals surface area contributed by atoms with Crippen molar-refractivity contribution in [3.8, 4) is 24.3 Å². The zero-order chi connectivity index (χ0) is 12.2. The molecule has 0 amide bonds. The predicted molar refractivity (Wildman–Crippen MR) is 57.1 cm³/mol. The topological polar surface area (TPSA) is 95.2 Å². The Hall–Kier alpha value is -2.04. The number of unbranched alkanes of at least 4 members (excludes halogenated alkanes) is 1. The average Bonchev–Trinajstić information content (AvgIpc) is 2.32. The lowest BCUT2D eigenvalue weighted by Crippen LogP contribution is -2.06. The second kappa shape index (κ2) is 9.51. The maximum Gasteiger partial charge on any atom is 0.0656 e. The lowest BCUT2D eigenvalue weighted by Gasteiger charge is -2.11. The zero-order valence-electron chi connectivity index (χ0n) is 9.19. The molecular formula is C12H14N4. The Bertz CT molecular complexity index is 347. The molecule has 2 unspecified atom stereocenters. The first-order valence-corrected chi connectivity index (χ1v) is 5.31.